The average Bonchev–Trinajstić information content (AvgIpc) is 2.23. The number of aliphatic hydroxyl groups excluding tert-OH is 1. The summed E-state index contributed by atoms with van der Waals surface area (Å²) in [6.45, 7) is 1.32. The molecule has 1 rings (SSSR count). The summed E-state index contributed by atoms with van der Waals surface area (Å²) in [6, 6.07) is 0. The molecule has 0 atom stereocenters. The van der Waals surface area contributed by atoms with Crippen LogP contribution in [0.4, 0.5) is 0 Å². The average molecular weight is 264 g/mol. The number of carbonyl (C=O) groups is 1. The first-order chi connectivity index (χ1) is 7.56. The summed E-state index contributed by atoms with van der Waals surface area (Å²) < 4.78 is 4.82. The normalized spacial score (nSPS) is 10.2. The molecular weight excluding hydrogens is 253 g/mol. The van der Waals surface area contributed by atoms with E-state index in [0.717, 1.165) is 0 Å². The van der Waals surface area contributed by atoms with Gasteiger partial charge in [-0.15, -0.1) is 0 Å². The van der Waals surface area contributed by atoms with E-state index in [4.69, 9.17) is 33.0 Å². The van der Waals surface area contributed by atoms with Crippen LogP contribution in [0, 0.1) is 0 Å². The second kappa shape index (κ2) is 6.03. The monoisotopic (exact) mass is 263 g/mol. The van der Waals surface area contributed by atoms with Gasteiger partial charge in [-0.25, -0.2) is 0 Å². The molecule has 1 heterocycles. The van der Waals surface area contributed by atoms with E-state index < -0.39 is 5.97 Å². The predicted octanol–water partition coefficient (Wildman–Crippen LogP) is 2.24. The molecule has 0 aliphatic rings. The van der Waals surface area contributed by atoms with Crippen molar-refractivity contribution in [2.24, 2.45) is 0 Å². The molecular formula is C10H11Cl2NO3. The lowest BCUT2D eigenvalue weighted by Gasteiger charge is -2.08. The van der Waals surface area contributed by atoms with Crippen LogP contribution in [-0.2, 0) is 11.2 Å². The Morgan fingerprint density at radius 2 is 2.19 bits per heavy atom. The molecule has 0 saturated carbocycles. The molecule has 1 aromatic rings. The van der Waals surface area contributed by atoms with E-state index in [1.165, 1.54) is 13.1 Å². The number of aromatic nitrogens is 1. The predicted molar refractivity (Wildman–Crippen MR) is 61.0 cm³/mol. The second-order valence-electron chi connectivity index (χ2n) is 3.12. The van der Waals surface area contributed by atoms with E-state index in [2.05, 4.69) is 4.98 Å². The van der Waals surface area contributed by atoms with Crippen molar-refractivity contribution in [2.45, 2.75) is 19.8 Å². The van der Waals surface area contributed by atoms with Crippen molar-refractivity contribution in [1.82, 2.24) is 4.98 Å². The van der Waals surface area contributed by atoms with Gasteiger partial charge >= 0.3 is 5.97 Å². The number of nitrogens with zero attached hydrogens (tertiary/aromatic N) is 1. The van der Waals surface area contributed by atoms with Crippen molar-refractivity contribution in [1.29, 1.82) is 0 Å². The van der Waals surface area contributed by atoms with Gasteiger partial charge in [-0.2, -0.15) is 0 Å². The molecule has 0 fully saturated rings. The SMILES string of the molecule is CC(=O)Oc1cnc(CCCO)c(Cl)c1Cl. The largest absolute Gasteiger partial charge is 0.423 e. The summed E-state index contributed by atoms with van der Waals surface area (Å²) in [5.74, 6) is -0.338. The van der Waals surface area contributed by atoms with Gasteiger partial charge in [0.2, 0.25) is 0 Å². The number of rotatable bonds is 4. The van der Waals surface area contributed by atoms with Gasteiger partial charge in [-0.3, -0.25) is 9.78 Å². The fraction of sp³-hybridized carbons (Fsp3) is 0.400. The van der Waals surface area contributed by atoms with Gasteiger partial charge in [0.1, 0.15) is 5.02 Å². The van der Waals surface area contributed by atoms with Crippen LogP contribution in [0.3, 0.4) is 0 Å². The molecule has 0 aromatic carbocycles. The first-order valence-electron chi connectivity index (χ1n) is 4.68. The van der Waals surface area contributed by atoms with E-state index in [0.29, 0.717) is 18.5 Å². The molecule has 16 heavy (non-hydrogen) atoms. The van der Waals surface area contributed by atoms with Crippen LogP contribution in [0.5, 0.6) is 5.75 Å². The molecule has 0 spiro atoms. The third-order valence-corrected chi connectivity index (χ3v) is 2.70. The zero-order valence-electron chi connectivity index (χ0n) is 8.67. The molecule has 0 saturated heterocycles. The number of hydrogen-bond acceptors (Lipinski definition) is 4. The Bertz CT molecular complexity index is 396. The molecule has 0 unspecified atom stereocenters. The Morgan fingerprint density at radius 1 is 1.50 bits per heavy atom. The maximum absolute atomic E-state index is 10.7. The number of esters is 1. The molecule has 0 amide bonds. The molecule has 0 radical (unpaired) electrons. The summed E-state index contributed by atoms with van der Waals surface area (Å²) in [4.78, 5) is 14.8. The highest BCUT2D eigenvalue weighted by molar-refractivity contribution is 6.43. The van der Waals surface area contributed by atoms with Crippen LogP contribution in [0.1, 0.15) is 19.0 Å². The highest BCUT2D eigenvalue weighted by atomic mass is 35.5. The molecule has 88 valence electrons. The summed E-state index contributed by atoms with van der Waals surface area (Å²) in [5, 5.41) is 9.11. The van der Waals surface area contributed by atoms with Crippen LogP contribution in [-0.4, -0.2) is 22.7 Å². The Morgan fingerprint density at radius 3 is 2.75 bits per heavy atom. The van der Waals surface area contributed by atoms with Gasteiger partial charge in [-0.05, 0) is 12.8 Å². The lowest BCUT2D eigenvalue weighted by Crippen LogP contribution is -2.04. The van der Waals surface area contributed by atoms with Crippen molar-refractivity contribution in [3.05, 3.63) is 21.9 Å². The molecule has 1 aromatic heterocycles. The zero-order chi connectivity index (χ0) is 12.1. The number of halogens is 2. The minimum Gasteiger partial charge on any atom is -0.423 e. The minimum absolute atomic E-state index is 0.0569. The standard InChI is InChI=1S/C10H11Cl2NO3/c1-6(15)16-8-5-13-7(3-2-4-14)9(11)10(8)12/h5,14H,2-4H2,1H3. The lowest BCUT2D eigenvalue weighted by molar-refractivity contribution is -0.131. The first kappa shape index (κ1) is 13.2. The Labute approximate surface area is 103 Å². The molecule has 4 nitrogen and oxygen atoms in total. The summed E-state index contributed by atoms with van der Waals surface area (Å²) in [7, 11) is 0. The third-order valence-electron chi connectivity index (χ3n) is 1.83. The van der Waals surface area contributed by atoms with Gasteiger partial charge in [0, 0.05) is 13.5 Å². The van der Waals surface area contributed by atoms with Gasteiger partial charge in [0.25, 0.3) is 0 Å². The quantitative estimate of drug-likeness (QED) is 0.847. The van der Waals surface area contributed by atoms with Crippen LogP contribution >= 0.6 is 23.2 Å². The van der Waals surface area contributed by atoms with Crippen molar-refractivity contribution in [3.8, 4) is 5.75 Å². The van der Waals surface area contributed by atoms with Crippen LogP contribution in [0.2, 0.25) is 10.0 Å². The van der Waals surface area contributed by atoms with E-state index in [1.54, 1.807) is 0 Å². The van der Waals surface area contributed by atoms with Gasteiger partial charge in [0.05, 0.1) is 16.9 Å². The summed E-state index contributed by atoms with van der Waals surface area (Å²) >= 11 is 11.9. The molecule has 0 aliphatic heterocycles. The van der Waals surface area contributed by atoms with Crippen molar-refractivity contribution >= 4 is 29.2 Å². The lowest BCUT2D eigenvalue weighted by atomic mass is 10.2. The Kier molecular flexibility index (Phi) is 4.99. The van der Waals surface area contributed by atoms with E-state index in [1.807, 2.05) is 0 Å². The van der Waals surface area contributed by atoms with Crippen LogP contribution in [0.25, 0.3) is 0 Å². The Hall–Kier alpha value is -0.840. The molecule has 1 N–H and O–H groups in total. The van der Waals surface area contributed by atoms with Crippen molar-refractivity contribution < 1.29 is 14.6 Å². The number of ether oxygens (including phenoxy) is 1. The molecule has 0 aliphatic carbocycles. The zero-order valence-corrected chi connectivity index (χ0v) is 10.2. The minimum atomic E-state index is -0.483. The fourth-order valence-corrected chi connectivity index (χ4v) is 1.56. The number of hydrogen-bond donors (Lipinski definition) is 1. The topological polar surface area (TPSA) is 59.4 Å². The van der Waals surface area contributed by atoms with Crippen LogP contribution < -0.4 is 4.74 Å². The molecule has 0 bridgehead atoms. The molecule has 6 heteroatoms. The Balaban J connectivity index is 2.93. The van der Waals surface area contributed by atoms with E-state index in [-0.39, 0.29) is 22.4 Å². The van der Waals surface area contributed by atoms with Gasteiger partial charge in [0.15, 0.2) is 5.75 Å². The van der Waals surface area contributed by atoms with Crippen molar-refractivity contribution in [2.75, 3.05) is 6.61 Å². The number of pyridine rings is 1. The highest BCUT2D eigenvalue weighted by Crippen LogP contribution is 2.33. The number of carbonyl (C=O) groups excluding carboxylic acids is 1. The first-order valence-corrected chi connectivity index (χ1v) is 5.44. The highest BCUT2D eigenvalue weighted by Gasteiger charge is 2.13. The maximum atomic E-state index is 10.7. The number of aliphatic hydroxyl groups is 1. The second-order valence-corrected chi connectivity index (χ2v) is 3.87. The summed E-state index contributed by atoms with van der Waals surface area (Å²) in [6.07, 6.45) is 2.42. The van der Waals surface area contributed by atoms with Gasteiger partial charge < -0.3 is 9.84 Å². The van der Waals surface area contributed by atoms with Gasteiger partial charge in [-0.1, -0.05) is 23.2 Å². The van der Waals surface area contributed by atoms with E-state index >= 15 is 0 Å². The van der Waals surface area contributed by atoms with E-state index in [9.17, 15) is 4.79 Å². The maximum Gasteiger partial charge on any atom is 0.308 e. The fourth-order valence-electron chi connectivity index (χ4n) is 1.13. The third kappa shape index (κ3) is 3.33. The summed E-state index contributed by atoms with van der Waals surface area (Å²) in [5.41, 5.74) is 0.580. The van der Waals surface area contributed by atoms with Crippen molar-refractivity contribution in [3.63, 3.8) is 0 Å². The number of aryl methyl sites for hydroxylation is 1. The smallest absolute Gasteiger partial charge is 0.308 e. The van der Waals surface area contributed by atoms with Crippen LogP contribution in [0.15, 0.2) is 6.20 Å².